The van der Waals surface area contributed by atoms with Gasteiger partial charge in [-0.1, -0.05) is 49.1 Å². The third-order valence-electron chi connectivity index (χ3n) is 3.80. The van der Waals surface area contributed by atoms with Gasteiger partial charge in [-0.15, -0.1) is 0 Å². The second-order valence-electron chi connectivity index (χ2n) is 5.25. The van der Waals surface area contributed by atoms with Gasteiger partial charge in [0.05, 0.1) is 0 Å². The smallest absolute Gasteiger partial charge is 0.181 e. The van der Waals surface area contributed by atoms with E-state index >= 15 is 0 Å². The van der Waals surface area contributed by atoms with Crippen molar-refractivity contribution >= 4 is 0 Å². The molecule has 1 heterocycles. The molecule has 0 amide bonds. The molecule has 1 aliphatic carbocycles. The normalized spacial score (nSPS) is 16.9. The highest BCUT2D eigenvalue weighted by atomic mass is 15.2. The van der Waals surface area contributed by atoms with Crippen LogP contribution in [-0.4, -0.2) is 15.2 Å². The zero-order valence-electron chi connectivity index (χ0n) is 10.8. The van der Waals surface area contributed by atoms with E-state index in [0.29, 0.717) is 5.92 Å². The Kier molecular flexibility index (Phi) is 3.13. The first-order valence-corrected chi connectivity index (χ1v) is 6.82. The van der Waals surface area contributed by atoms with E-state index < -0.39 is 0 Å². The minimum Gasteiger partial charge on any atom is -0.262 e. The third kappa shape index (κ3) is 2.30. The average molecular weight is 241 g/mol. The van der Waals surface area contributed by atoms with Crippen LogP contribution in [-0.2, 0) is 0 Å². The fraction of sp³-hybridized carbons (Fsp3) is 0.467. The van der Waals surface area contributed by atoms with Crippen molar-refractivity contribution in [2.45, 2.75) is 44.9 Å². The highest BCUT2D eigenvalue weighted by Crippen LogP contribution is 2.31. The number of H-pyrrole nitrogens is 1. The van der Waals surface area contributed by atoms with Gasteiger partial charge in [0.2, 0.25) is 0 Å². The highest BCUT2D eigenvalue weighted by Gasteiger charge is 2.19. The van der Waals surface area contributed by atoms with Gasteiger partial charge < -0.3 is 0 Å². The zero-order chi connectivity index (χ0) is 12.4. The number of rotatable bonds is 2. The quantitative estimate of drug-likeness (QED) is 0.868. The molecule has 1 fully saturated rings. The predicted octanol–water partition coefficient (Wildman–Crippen LogP) is 3.83. The van der Waals surface area contributed by atoms with E-state index in [9.17, 15) is 0 Å². The molecule has 0 aliphatic heterocycles. The summed E-state index contributed by atoms with van der Waals surface area (Å²) in [6, 6.07) is 8.38. The lowest BCUT2D eigenvalue weighted by atomic mass is 9.89. The SMILES string of the molecule is Cc1ccc(-c2n[nH]c(C3CCCCC3)n2)cc1. The fourth-order valence-corrected chi connectivity index (χ4v) is 2.66. The lowest BCUT2D eigenvalue weighted by Crippen LogP contribution is -2.06. The summed E-state index contributed by atoms with van der Waals surface area (Å²) >= 11 is 0. The van der Waals surface area contributed by atoms with Crippen molar-refractivity contribution in [1.29, 1.82) is 0 Å². The van der Waals surface area contributed by atoms with Crippen molar-refractivity contribution in [3.63, 3.8) is 0 Å². The van der Waals surface area contributed by atoms with Crippen LogP contribution in [0.25, 0.3) is 11.4 Å². The predicted molar refractivity (Wildman–Crippen MR) is 72.4 cm³/mol. The number of nitrogens with one attached hydrogen (secondary N) is 1. The van der Waals surface area contributed by atoms with Gasteiger partial charge in [-0.25, -0.2) is 4.98 Å². The van der Waals surface area contributed by atoms with Crippen LogP contribution in [0.5, 0.6) is 0 Å². The van der Waals surface area contributed by atoms with Gasteiger partial charge in [-0.05, 0) is 19.8 Å². The molecule has 1 N–H and O–H groups in total. The second kappa shape index (κ2) is 4.92. The molecule has 0 spiro atoms. The zero-order valence-corrected chi connectivity index (χ0v) is 10.8. The average Bonchev–Trinajstić information content (AvgIpc) is 2.90. The lowest BCUT2D eigenvalue weighted by Gasteiger charge is -2.18. The number of aromatic amines is 1. The molecule has 18 heavy (non-hydrogen) atoms. The first-order valence-electron chi connectivity index (χ1n) is 6.82. The maximum Gasteiger partial charge on any atom is 0.181 e. The summed E-state index contributed by atoms with van der Waals surface area (Å²) in [6.07, 6.45) is 6.52. The van der Waals surface area contributed by atoms with E-state index in [4.69, 9.17) is 0 Å². The van der Waals surface area contributed by atoms with E-state index in [-0.39, 0.29) is 0 Å². The number of hydrogen-bond donors (Lipinski definition) is 1. The molecule has 1 aromatic heterocycles. The van der Waals surface area contributed by atoms with Crippen LogP contribution >= 0.6 is 0 Å². The van der Waals surface area contributed by atoms with Crippen molar-refractivity contribution in [2.24, 2.45) is 0 Å². The van der Waals surface area contributed by atoms with Gasteiger partial charge in [-0.2, -0.15) is 5.10 Å². The van der Waals surface area contributed by atoms with Crippen LogP contribution in [0.1, 0.15) is 49.4 Å². The van der Waals surface area contributed by atoms with Gasteiger partial charge in [0, 0.05) is 11.5 Å². The number of benzene rings is 1. The molecular formula is C15H19N3. The van der Waals surface area contributed by atoms with Crippen LogP contribution in [0, 0.1) is 6.92 Å². The Labute approximate surface area is 108 Å². The largest absolute Gasteiger partial charge is 0.262 e. The monoisotopic (exact) mass is 241 g/mol. The minimum atomic E-state index is 0.588. The maximum atomic E-state index is 4.67. The molecule has 3 nitrogen and oxygen atoms in total. The van der Waals surface area contributed by atoms with Crippen molar-refractivity contribution in [2.75, 3.05) is 0 Å². The third-order valence-corrected chi connectivity index (χ3v) is 3.80. The Morgan fingerprint density at radius 1 is 1.06 bits per heavy atom. The number of hydrogen-bond acceptors (Lipinski definition) is 2. The topological polar surface area (TPSA) is 41.6 Å². The van der Waals surface area contributed by atoms with Crippen molar-refractivity contribution < 1.29 is 0 Å². The van der Waals surface area contributed by atoms with E-state index in [1.165, 1.54) is 37.7 Å². The van der Waals surface area contributed by atoms with Crippen molar-refractivity contribution in [3.05, 3.63) is 35.7 Å². The molecule has 3 heteroatoms. The summed E-state index contributed by atoms with van der Waals surface area (Å²) in [5.41, 5.74) is 2.36. The maximum absolute atomic E-state index is 4.67. The van der Waals surface area contributed by atoms with Gasteiger partial charge in [-0.3, -0.25) is 5.10 Å². The summed E-state index contributed by atoms with van der Waals surface area (Å²) in [4.78, 5) is 4.67. The second-order valence-corrected chi connectivity index (χ2v) is 5.25. The minimum absolute atomic E-state index is 0.588. The molecule has 2 aromatic rings. The Morgan fingerprint density at radius 3 is 2.50 bits per heavy atom. The standard InChI is InChI=1S/C15H19N3/c1-11-7-9-13(10-8-11)15-16-14(17-18-15)12-5-3-2-4-6-12/h7-10,12H,2-6H2,1H3,(H,16,17,18). The van der Waals surface area contributed by atoms with E-state index in [2.05, 4.69) is 46.4 Å². The lowest BCUT2D eigenvalue weighted by molar-refractivity contribution is 0.429. The first-order chi connectivity index (χ1) is 8.83. The van der Waals surface area contributed by atoms with Gasteiger partial charge in [0.1, 0.15) is 5.82 Å². The van der Waals surface area contributed by atoms with E-state index in [1.54, 1.807) is 0 Å². The first kappa shape index (κ1) is 11.5. The summed E-state index contributed by atoms with van der Waals surface area (Å²) < 4.78 is 0. The van der Waals surface area contributed by atoms with Crippen LogP contribution in [0.3, 0.4) is 0 Å². The number of aryl methyl sites for hydroxylation is 1. The van der Waals surface area contributed by atoms with Crippen LogP contribution in [0.4, 0.5) is 0 Å². The summed E-state index contributed by atoms with van der Waals surface area (Å²) in [6.45, 7) is 2.09. The molecule has 1 aromatic carbocycles. The van der Waals surface area contributed by atoms with E-state index in [1.807, 2.05) is 0 Å². The van der Waals surface area contributed by atoms with Gasteiger partial charge in [0.25, 0.3) is 0 Å². The molecule has 1 aliphatic rings. The summed E-state index contributed by atoms with van der Waals surface area (Å²) in [7, 11) is 0. The Hall–Kier alpha value is -1.64. The molecule has 0 bridgehead atoms. The summed E-state index contributed by atoms with van der Waals surface area (Å²) in [5, 5.41) is 7.48. The Morgan fingerprint density at radius 2 is 1.78 bits per heavy atom. The van der Waals surface area contributed by atoms with Crippen molar-refractivity contribution in [3.8, 4) is 11.4 Å². The molecule has 0 atom stereocenters. The molecular weight excluding hydrogens is 222 g/mol. The van der Waals surface area contributed by atoms with Gasteiger partial charge >= 0.3 is 0 Å². The Bertz CT molecular complexity index is 507. The molecule has 3 rings (SSSR count). The van der Waals surface area contributed by atoms with Gasteiger partial charge in [0.15, 0.2) is 5.82 Å². The number of aromatic nitrogens is 3. The van der Waals surface area contributed by atoms with Crippen LogP contribution in [0.2, 0.25) is 0 Å². The fourth-order valence-electron chi connectivity index (χ4n) is 2.66. The molecule has 0 saturated heterocycles. The molecule has 0 unspecified atom stereocenters. The molecule has 1 saturated carbocycles. The Balaban J connectivity index is 1.82. The van der Waals surface area contributed by atoms with Crippen LogP contribution in [0.15, 0.2) is 24.3 Å². The number of nitrogens with zero attached hydrogens (tertiary/aromatic N) is 2. The molecule has 94 valence electrons. The van der Waals surface area contributed by atoms with Crippen LogP contribution < -0.4 is 0 Å². The molecule has 0 radical (unpaired) electrons. The van der Waals surface area contributed by atoms with Crippen molar-refractivity contribution in [1.82, 2.24) is 15.2 Å². The highest BCUT2D eigenvalue weighted by molar-refractivity contribution is 5.54. The van der Waals surface area contributed by atoms with E-state index in [0.717, 1.165) is 17.2 Å². The summed E-state index contributed by atoms with van der Waals surface area (Å²) in [5.74, 6) is 2.49.